The van der Waals surface area contributed by atoms with Crippen LogP contribution < -0.4 is 5.73 Å². The Balaban J connectivity index is 2.99. The maximum absolute atomic E-state index is 13.8. The number of aryl methyl sites for hydroxylation is 1. The van der Waals surface area contributed by atoms with Crippen LogP contribution in [0.3, 0.4) is 0 Å². The molecule has 0 aliphatic carbocycles. The molecule has 0 unspecified atom stereocenters. The molecule has 1 aromatic rings. The van der Waals surface area contributed by atoms with E-state index >= 15 is 0 Å². The predicted octanol–water partition coefficient (Wildman–Crippen LogP) is 4.06. The minimum atomic E-state index is -0.281. The zero-order valence-electron chi connectivity index (χ0n) is 10.8. The van der Waals surface area contributed by atoms with Gasteiger partial charge in [0, 0.05) is 0 Å². The van der Waals surface area contributed by atoms with Crippen molar-refractivity contribution in [2.24, 2.45) is 5.73 Å². The van der Waals surface area contributed by atoms with E-state index < -0.39 is 0 Å². The molecule has 0 radical (unpaired) electrons. The highest BCUT2D eigenvalue weighted by molar-refractivity contribution is 6.30. The van der Waals surface area contributed by atoms with Gasteiger partial charge in [-0.05, 0) is 48.4 Å². The first-order chi connectivity index (χ1) is 7.86. The number of halogens is 2. The summed E-state index contributed by atoms with van der Waals surface area (Å²) in [6, 6.07) is 3.65. The van der Waals surface area contributed by atoms with E-state index in [0.717, 1.165) is 18.4 Å². The fourth-order valence-corrected chi connectivity index (χ4v) is 1.96. The van der Waals surface area contributed by atoms with Gasteiger partial charge in [-0.25, -0.2) is 4.39 Å². The molecule has 0 atom stereocenters. The van der Waals surface area contributed by atoms with Crippen molar-refractivity contribution in [3.8, 4) is 0 Å². The number of hydrogen-bond donors (Lipinski definition) is 1. The Bertz CT molecular complexity index is 383. The van der Waals surface area contributed by atoms with E-state index in [0.29, 0.717) is 18.5 Å². The van der Waals surface area contributed by atoms with Crippen molar-refractivity contribution in [2.75, 3.05) is 6.54 Å². The van der Waals surface area contributed by atoms with Crippen LogP contribution in [0.5, 0.6) is 0 Å². The number of nitrogens with two attached hydrogens (primary N) is 1. The third kappa shape index (κ3) is 3.97. The molecule has 0 bridgehead atoms. The van der Waals surface area contributed by atoms with E-state index in [9.17, 15) is 4.39 Å². The third-order valence-corrected chi connectivity index (χ3v) is 3.14. The van der Waals surface area contributed by atoms with Crippen molar-refractivity contribution in [3.63, 3.8) is 0 Å². The zero-order valence-corrected chi connectivity index (χ0v) is 11.6. The van der Waals surface area contributed by atoms with Crippen LogP contribution in [0.15, 0.2) is 12.1 Å². The van der Waals surface area contributed by atoms with Crippen LogP contribution in [0.1, 0.15) is 44.7 Å². The number of hydrogen-bond acceptors (Lipinski definition) is 1. The third-order valence-electron chi connectivity index (χ3n) is 2.87. The summed E-state index contributed by atoms with van der Waals surface area (Å²) in [5.41, 5.74) is 7.21. The second kappa shape index (κ2) is 5.83. The Morgan fingerprint density at radius 2 is 1.88 bits per heavy atom. The summed E-state index contributed by atoms with van der Waals surface area (Å²) in [7, 11) is 0. The molecule has 0 spiro atoms. The van der Waals surface area contributed by atoms with Gasteiger partial charge in [0.25, 0.3) is 0 Å². The van der Waals surface area contributed by atoms with E-state index in [2.05, 4.69) is 20.8 Å². The molecule has 1 rings (SSSR count). The van der Waals surface area contributed by atoms with Crippen LogP contribution in [0.25, 0.3) is 0 Å². The van der Waals surface area contributed by atoms with Crippen LogP contribution in [0.4, 0.5) is 4.39 Å². The second-order valence-corrected chi connectivity index (χ2v) is 5.83. The van der Waals surface area contributed by atoms with Crippen LogP contribution in [0.2, 0.25) is 5.02 Å². The first-order valence-electron chi connectivity index (χ1n) is 6.04. The smallest absolute Gasteiger partial charge is 0.144 e. The van der Waals surface area contributed by atoms with Gasteiger partial charge in [0.15, 0.2) is 0 Å². The maximum Gasteiger partial charge on any atom is 0.144 e. The van der Waals surface area contributed by atoms with E-state index in [1.807, 2.05) is 6.07 Å². The molecule has 96 valence electrons. The Kier molecular flexibility index (Phi) is 4.96. The summed E-state index contributed by atoms with van der Waals surface area (Å²) in [6.07, 6.45) is 2.51. The fraction of sp³-hybridized carbons (Fsp3) is 0.571. The van der Waals surface area contributed by atoms with Gasteiger partial charge in [-0.2, -0.15) is 0 Å². The van der Waals surface area contributed by atoms with Gasteiger partial charge in [-0.15, -0.1) is 0 Å². The standard InChI is InChI=1S/C14H21ClFN/c1-14(2,3)11-8-10(6-4-5-7-17)13(16)12(15)9-11/h8-9H,4-7,17H2,1-3H3. The molecule has 0 fully saturated rings. The molecular weight excluding hydrogens is 237 g/mol. The summed E-state index contributed by atoms with van der Waals surface area (Å²) in [5, 5.41) is 0.222. The van der Waals surface area contributed by atoms with Crippen LogP contribution in [0, 0.1) is 5.82 Å². The summed E-state index contributed by atoms with van der Waals surface area (Å²) in [6.45, 7) is 6.94. The SMILES string of the molecule is CC(C)(C)c1cc(Cl)c(F)c(CCCCN)c1. The molecule has 1 nitrogen and oxygen atoms in total. The number of rotatable bonds is 4. The van der Waals surface area contributed by atoms with E-state index in [1.54, 1.807) is 6.07 Å². The topological polar surface area (TPSA) is 26.0 Å². The van der Waals surface area contributed by atoms with Gasteiger partial charge in [0.1, 0.15) is 5.82 Å². The summed E-state index contributed by atoms with van der Waals surface area (Å²) in [4.78, 5) is 0. The van der Waals surface area contributed by atoms with Crippen LogP contribution in [-0.2, 0) is 11.8 Å². The van der Waals surface area contributed by atoms with Crippen molar-refractivity contribution in [1.29, 1.82) is 0 Å². The highest BCUT2D eigenvalue weighted by atomic mass is 35.5. The van der Waals surface area contributed by atoms with Crippen LogP contribution in [-0.4, -0.2) is 6.54 Å². The van der Waals surface area contributed by atoms with Crippen molar-refractivity contribution < 1.29 is 4.39 Å². The average Bonchev–Trinajstić information content (AvgIpc) is 2.22. The average molecular weight is 258 g/mol. The van der Waals surface area contributed by atoms with Crippen molar-refractivity contribution in [1.82, 2.24) is 0 Å². The van der Waals surface area contributed by atoms with Crippen molar-refractivity contribution in [3.05, 3.63) is 34.1 Å². The lowest BCUT2D eigenvalue weighted by molar-refractivity contribution is 0.572. The number of benzene rings is 1. The first-order valence-corrected chi connectivity index (χ1v) is 6.42. The van der Waals surface area contributed by atoms with Gasteiger partial charge < -0.3 is 5.73 Å². The molecular formula is C14H21ClFN. The maximum atomic E-state index is 13.8. The molecule has 0 aliphatic rings. The van der Waals surface area contributed by atoms with Gasteiger partial charge >= 0.3 is 0 Å². The summed E-state index contributed by atoms with van der Waals surface area (Å²) < 4.78 is 13.8. The molecule has 3 heteroatoms. The lowest BCUT2D eigenvalue weighted by Gasteiger charge is -2.21. The molecule has 17 heavy (non-hydrogen) atoms. The zero-order chi connectivity index (χ0) is 13.1. The van der Waals surface area contributed by atoms with E-state index in [1.165, 1.54) is 0 Å². The van der Waals surface area contributed by atoms with Crippen LogP contribution >= 0.6 is 11.6 Å². The lowest BCUT2D eigenvalue weighted by Crippen LogP contribution is -2.12. The molecule has 1 aromatic carbocycles. The largest absolute Gasteiger partial charge is 0.330 e. The monoisotopic (exact) mass is 257 g/mol. The van der Waals surface area contributed by atoms with E-state index in [-0.39, 0.29) is 16.3 Å². The minimum absolute atomic E-state index is 0.0139. The van der Waals surface area contributed by atoms with Gasteiger partial charge in [0.05, 0.1) is 5.02 Å². The summed E-state index contributed by atoms with van der Waals surface area (Å²) >= 11 is 5.94. The molecule has 0 heterocycles. The predicted molar refractivity (Wildman–Crippen MR) is 72.1 cm³/mol. The van der Waals surface area contributed by atoms with Gasteiger partial charge in [0.2, 0.25) is 0 Å². The molecule has 0 aromatic heterocycles. The summed E-state index contributed by atoms with van der Waals surface area (Å²) in [5.74, 6) is -0.281. The minimum Gasteiger partial charge on any atom is -0.330 e. The number of unbranched alkanes of at least 4 members (excludes halogenated alkanes) is 1. The Morgan fingerprint density at radius 1 is 1.24 bits per heavy atom. The molecule has 0 aliphatic heterocycles. The van der Waals surface area contributed by atoms with Gasteiger partial charge in [-0.1, -0.05) is 38.4 Å². The molecule has 2 N–H and O–H groups in total. The fourth-order valence-electron chi connectivity index (χ4n) is 1.72. The molecule has 0 amide bonds. The second-order valence-electron chi connectivity index (χ2n) is 5.43. The van der Waals surface area contributed by atoms with E-state index in [4.69, 9.17) is 17.3 Å². The Labute approximate surface area is 108 Å². The highest BCUT2D eigenvalue weighted by Gasteiger charge is 2.18. The van der Waals surface area contributed by atoms with Crippen molar-refractivity contribution in [2.45, 2.75) is 45.4 Å². The quantitative estimate of drug-likeness (QED) is 0.809. The van der Waals surface area contributed by atoms with Crippen molar-refractivity contribution >= 4 is 11.6 Å². The lowest BCUT2D eigenvalue weighted by atomic mass is 9.85. The normalized spacial score (nSPS) is 11.9. The molecule has 0 saturated carbocycles. The highest BCUT2D eigenvalue weighted by Crippen LogP contribution is 2.29. The van der Waals surface area contributed by atoms with Gasteiger partial charge in [-0.3, -0.25) is 0 Å². The Hall–Kier alpha value is -0.600. The molecule has 0 saturated heterocycles. The Morgan fingerprint density at radius 3 is 2.41 bits per heavy atom. The first kappa shape index (κ1) is 14.5.